The molecule has 0 unspecified atom stereocenters. The molecule has 2 aromatic carbocycles. The van der Waals surface area contributed by atoms with E-state index in [0.717, 1.165) is 4.88 Å². The number of hydrogen-bond acceptors (Lipinski definition) is 5. The largest absolute Gasteiger partial charge is 0.280 e. The molecule has 1 aromatic heterocycles. The van der Waals surface area contributed by atoms with Crippen LogP contribution in [-0.2, 0) is 10.0 Å². The van der Waals surface area contributed by atoms with Gasteiger partial charge in [0.2, 0.25) is 0 Å². The number of carbonyl (C=O) groups excluding carboxylic acids is 1. The number of amides is 1. The lowest BCUT2D eigenvalue weighted by molar-refractivity contribution is 0.0955. The molecule has 3 aromatic rings. The highest BCUT2D eigenvalue weighted by Crippen LogP contribution is 2.18. The maximum absolute atomic E-state index is 12.3. The van der Waals surface area contributed by atoms with Gasteiger partial charge in [-0.1, -0.05) is 17.7 Å². The summed E-state index contributed by atoms with van der Waals surface area (Å²) in [5.74, 6) is -0.394. The molecule has 3 rings (SSSR count). The summed E-state index contributed by atoms with van der Waals surface area (Å²) >= 11 is 7.28. The molecule has 0 aliphatic rings. The predicted molar refractivity (Wildman–Crippen MR) is 108 cm³/mol. The van der Waals surface area contributed by atoms with Gasteiger partial charge in [-0.2, -0.15) is 5.10 Å². The molecule has 27 heavy (non-hydrogen) atoms. The average Bonchev–Trinajstić information content (AvgIpc) is 3.16. The Balaban J connectivity index is 1.64. The highest BCUT2D eigenvalue weighted by atomic mass is 35.5. The van der Waals surface area contributed by atoms with Crippen LogP contribution >= 0.6 is 22.9 Å². The molecule has 0 fully saturated rings. The Hall–Kier alpha value is -2.68. The van der Waals surface area contributed by atoms with Crippen molar-refractivity contribution in [1.29, 1.82) is 0 Å². The Morgan fingerprint density at radius 1 is 1.04 bits per heavy atom. The van der Waals surface area contributed by atoms with Crippen molar-refractivity contribution in [1.82, 2.24) is 5.43 Å². The smallest absolute Gasteiger partial charge is 0.271 e. The van der Waals surface area contributed by atoms with Crippen LogP contribution in [-0.4, -0.2) is 20.5 Å². The number of sulfonamides is 1. The van der Waals surface area contributed by atoms with E-state index in [9.17, 15) is 13.2 Å². The number of hydrazone groups is 1. The molecule has 2 N–H and O–H groups in total. The maximum atomic E-state index is 12.3. The lowest BCUT2D eigenvalue weighted by Gasteiger charge is -2.08. The molecule has 0 aliphatic heterocycles. The van der Waals surface area contributed by atoms with Crippen LogP contribution < -0.4 is 10.1 Å². The van der Waals surface area contributed by atoms with E-state index in [0.29, 0.717) is 16.3 Å². The summed E-state index contributed by atoms with van der Waals surface area (Å²) in [4.78, 5) is 13.1. The van der Waals surface area contributed by atoms with Crippen molar-refractivity contribution in [3.8, 4) is 0 Å². The first-order chi connectivity index (χ1) is 12.9. The number of hydrogen-bond donors (Lipinski definition) is 2. The molecule has 0 atom stereocenters. The van der Waals surface area contributed by atoms with Gasteiger partial charge in [0.25, 0.3) is 15.9 Å². The topological polar surface area (TPSA) is 87.6 Å². The van der Waals surface area contributed by atoms with Crippen LogP contribution in [0.25, 0.3) is 0 Å². The van der Waals surface area contributed by atoms with Gasteiger partial charge in [0.1, 0.15) is 0 Å². The van der Waals surface area contributed by atoms with E-state index >= 15 is 0 Å². The van der Waals surface area contributed by atoms with Crippen molar-refractivity contribution in [2.75, 3.05) is 4.72 Å². The number of thiophene rings is 1. The second-order valence-corrected chi connectivity index (χ2v) is 8.45. The molecule has 0 spiro atoms. The number of anilines is 1. The molecule has 0 radical (unpaired) electrons. The molecule has 1 heterocycles. The quantitative estimate of drug-likeness (QED) is 0.468. The van der Waals surface area contributed by atoms with Gasteiger partial charge in [-0.3, -0.25) is 9.52 Å². The number of nitrogens with one attached hydrogen (secondary N) is 2. The van der Waals surface area contributed by atoms with Crippen molar-refractivity contribution in [3.63, 3.8) is 0 Å². The van der Waals surface area contributed by atoms with Gasteiger partial charge >= 0.3 is 0 Å². The Morgan fingerprint density at radius 3 is 2.37 bits per heavy atom. The summed E-state index contributed by atoms with van der Waals surface area (Å²) in [5.41, 5.74) is 3.11. The van der Waals surface area contributed by atoms with Crippen molar-refractivity contribution < 1.29 is 13.2 Å². The van der Waals surface area contributed by atoms with Crippen LogP contribution in [0.15, 0.2) is 76.0 Å². The van der Waals surface area contributed by atoms with E-state index in [1.165, 1.54) is 59.9 Å². The predicted octanol–water partition coefficient (Wildman–Crippen LogP) is 3.97. The Labute approximate surface area is 165 Å². The van der Waals surface area contributed by atoms with Crippen molar-refractivity contribution in [3.05, 3.63) is 81.5 Å². The fourth-order valence-electron chi connectivity index (χ4n) is 2.10. The van der Waals surface area contributed by atoms with E-state index in [4.69, 9.17) is 11.6 Å². The number of nitrogens with zero attached hydrogens (tertiary/aromatic N) is 1. The van der Waals surface area contributed by atoms with Crippen molar-refractivity contribution in [2.24, 2.45) is 5.10 Å². The van der Waals surface area contributed by atoms with Crippen molar-refractivity contribution >= 4 is 50.8 Å². The third-order valence-electron chi connectivity index (χ3n) is 3.42. The zero-order valence-corrected chi connectivity index (χ0v) is 16.2. The van der Waals surface area contributed by atoms with Crippen LogP contribution in [0.4, 0.5) is 5.69 Å². The Bertz CT molecular complexity index is 1050. The van der Waals surface area contributed by atoms with Crippen LogP contribution in [0.2, 0.25) is 5.02 Å². The number of benzene rings is 2. The van der Waals surface area contributed by atoms with Crippen molar-refractivity contribution in [2.45, 2.75) is 4.90 Å². The van der Waals surface area contributed by atoms with E-state index in [1.54, 1.807) is 6.21 Å². The minimum atomic E-state index is -3.73. The second-order valence-electron chi connectivity index (χ2n) is 5.35. The first-order valence-corrected chi connectivity index (χ1v) is 10.4. The summed E-state index contributed by atoms with van der Waals surface area (Å²) in [6, 6.07) is 15.6. The van der Waals surface area contributed by atoms with Gasteiger partial charge in [0.05, 0.1) is 11.1 Å². The van der Waals surface area contributed by atoms with Gasteiger partial charge < -0.3 is 0 Å². The molecule has 0 aliphatic carbocycles. The third kappa shape index (κ3) is 5.16. The first kappa shape index (κ1) is 19.1. The normalized spacial score (nSPS) is 11.4. The highest BCUT2D eigenvalue weighted by Gasteiger charge is 2.14. The maximum Gasteiger partial charge on any atom is 0.271 e. The van der Waals surface area contributed by atoms with E-state index in [2.05, 4.69) is 15.2 Å². The monoisotopic (exact) mass is 419 g/mol. The molecule has 138 valence electrons. The third-order valence-corrected chi connectivity index (χ3v) is 5.88. The lowest BCUT2D eigenvalue weighted by atomic mass is 10.2. The summed E-state index contributed by atoms with van der Waals surface area (Å²) in [7, 11) is -3.73. The molecule has 0 bridgehead atoms. The van der Waals surface area contributed by atoms with Crippen LogP contribution in [0.1, 0.15) is 15.2 Å². The fourth-order valence-corrected chi connectivity index (χ4v) is 3.87. The molecule has 6 nitrogen and oxygen atoms in total. The average molecular weight is 420 g/mol. The number of rotatable bonds is 6. The number of halogens is 1. The van der Waals surface area contributed by atoms with E-state index in [1.807, 2.05) is 17.5 Å². The van der Waals surface area contributed by atoms with Gasteiger partial charge in [-0.25, -0.2) is 13.8 Å². The standard InChI is InChI=1S/C18H14ClN3O3S2/c19-14-5-9-17(10-6-14)27(24,25)22-15-7-3-13(4-8-15)18(23)21-20-12-16-2-1-11-26-16/h1-12,22H,(H,21,23)/b20-12-. The Morgan fingerprint density at radius 2 is 1.74 bits per heavy atom. The van der Waals surface area contributed by atoms with Crippen LogP contribution in [0.3, 0.4) is 0 Å². The Kier molecular flexibility index (Phi) is 5.90. The zero-order chi connectivity index (χ0) is 19.3. The van der Waals surface area contributed by atoms with Gasteiger partial charge in [-0.05, 0) is 60.0 Å². The molecule has 9 heteroatoms. The van der Waals surface area contributed by atoms with Gasteiger partial charge in [-0.15, -0.1) is 11.3 Å². The highest BCUT2D eigenvalue weighted by molar-refractivity contribution is 7.92. The van der Waals surface area contributed by atoms with Gasteiger partial charge in [0.15, 0.2) is 0 Å². The first-order valence-electron chi connectivity index (χ1n) is 7.69. The molecule has 0 saturated carbocycles. The van der Waals surface area contributed by atoms with Gasteiger partial charge in [0, 0.05) is 21.2 Å². The lowest BCUT2D eigenvalue weighted by Crippen LogP contribution is -2.17. The summed E-state index contributed by atoms with van der Waals surface area (Å²) in [5, 5.41) is 6.24. The molecular formula is C18H14ClN3O3S2. The summed E-state index contributed by atoms with van der Waals surface area (Å²) in [6.45, 7) is 0. The van der Waals surface area contributed by atoms with Crippen LogP contribution in [0, 0.1) is 0 Å². The fraction of sp³-hybridized carbons (Fsp3) is 0. The molecule has 0 saturated heterocycles. The molecular weight excluding hydrogens is 406 g/mol. The van der Waals surface area contributed by atoms with Crippen LogP contribution in [0.5, 0.6) is 0 Å². The number of carbonyl (C=O) groups is 1. The second kappa shape index (κ2) is 8.34. The minimum absolute atomic E-state index is 0.0941. The van der Waals surface area contributed by atoms with E-state index in [-0.39, 0.29) is 4.90 Å². The van der Waals surface area contributed by atoms with E-state index < -0.39 is 15.9 Å². The summed E-state index contributed by atoms with van der Waals surface area (Å²) < 4.78 is 27.1. The SMILES string of the molecule is O=C(N/N=C\c1cccs1)c1ccc(NS(=O)(=O)c2ccc(Cl)cc2)cc1. The molecule has 1 amide bonds. The minimum Gasteiger partial charge on any atom is -0.280 e. The summed E-state index contributed by atoms with van der Waals surface area (Å²) in [6.07, 6.45) is 1.55. The zero-order valence-electron chi connectivity index (χ0n) is 13.8.